The molecule has 5 nitrogen and oxygen atoms in total. The summed E-state index contributed by atoms with van der Waals surface area (Å²) in [6.07, 6.45) is 4.24. The highest BCUT2D eigenvalue weighted by Crippen LogP contribution is 2.38. The molecule has 1 fully saturated rings. The molecule has 72 valence electrons. The molecular formula is C8H9N5S. The molecule has 3 rings (SSSR count). The van der Waals surface area contributed by atoms with E-state index < -0.39 is 0 Å². The summed E-state index contributed by atoms with van der Waals surface area (Å²) in [5, 5.41) is 4.87. The van der Waals surface area contributed by atoms with E-state index in [9.17, 15) is 0 Å². The lowest BCUT2D eigenvalue weighted by Gasteiger charge is -1.90. The summed E-state index contributed by atoms with van der Waals surface area (Å²) >= 11 is 1.37. The van der Waals surface area contributed by atoms with Crippen LogP contribution in [0.4, 0.5) is 5.82 Å². The smallest absolute Gasteiger partial charge is 0.230 e. The van der Waals surface area contributed by atoms with E-state index in [1.165, 1.54) is 24.4 Å². The van der Waals surface area contributed by atoms with Crippen LogP contribution in [0.25, 0.3) is 5.13 Å². The van der Waals surface area contributed by atoms with Crippen molar-refractivity contribution in [3.05, 3.63) is 18.1 Å². The second kappa shape index (κ2) is 2.78. The summed E-state index contributed by atoms with van der Waals surface area (Å²) in [5.41, 5.74) is 5.52. The molecule has 2 aromatic rings. The van der Waals surface area contributed by atoms with Gasteiger partial charge < -0.3 is 5.73 Å². The van der Waals surface area contributed by atoms with Crippen LogP contribution in [0.15, 0.2) is 12.3 Å². The van der Waals surface area contributed by atoms with Crippen LogP contribution in [0.1, 0.15) is 24.6 Å². The Balaban J connectivity index is 1.95. The van der Waals surface area contributed by atoms with Gasteiger partial charge in [0.2, 0.25) is 5.13 Å². The fourth-order valence-electron chi connectivity index (χ4n) is 1.27. The molecule has 0 aromatic carbocycles. The third-order valence-electron chi connectivity index (χ3n) is 2.18. The minimum absolute atomic E-state index is 0.508. The number of nitrogens with zero attached hydrogens (tertiary/aromatic N) is 4. The minimum atomic E-state index is 0.508. The predicted octanol–water partition coefficient (Wildman–Crippen LogP) is 1.18. The van der Waals surface area contributed by atoms with Crippen molar-refractivity contribution in [2.45, 2.75) is 18.8 Å². The van der Waals surface area contributed by atoms with Gasteiger partial charge in [0.25, 0.3) is 0 Å². The standard InChI is InChI=1S/C8H9N5S/c9-6-3-4-13(11-6)8-10-7(12-14-8)5-1-2-5/h3-5H,1-2H2,(H2,9,11). The summed E-state index contributed by atoms with van der Waals surface area (Å²) < 4.78 is 5.96. The highest BCUT2D eigenvalue weighted by atomic mass is 32.1. The van der Waals surface area contributed by atoms with Crippen LogP contribution in [0.3, 0.4) is 0 Å². The lowest BCUT2D eigenvalue weighted by atomic mass is 10.4. The van der Waals surface area contributed by atoms with Gasteiger partial charge in [0.15, 0.2) is 0 Å². The number of rotatable bonds is 2. The SMILES string of the molecule is Nc1ccn(-c2nc(C3CC3)ns2)n1. The van der Waals surface area contributed by atoms with Gasteiger partial charge in [-0.1, -0.05) is 0 Å². The van der Waals surface area contributed by atoms with Crippen LogP contribution in [0.2, 0.25) is 0 Å². The van der Waals surface area contributed by atoms with E-state index in [0.717, 1.165) is 11.0 Å². The fourth-order valence-corrected chi connectivity index (χ4v) is 1.96. The number of hydrogen-bond acceptors (Lipinski definition) is 5. The van der Waals surface area contributed by atoms with Crippen molar-refractivity contribution in [2.75, 3.05) is 5.73 Å². The van der Waals surface area contributed by atoms with Gasteiger partial charge in [-0.2, -0.15) is 4.37 Å². The Bertz CT molecular complexity index is 456. The van der Waals surface area contributed by atoms with E-state index >= 15 is 0 Å². The third kappa shape index (κ3) is 1.27. The molecule has 0 amide bonds. The van der Waals surface area contributed by atoms with Crippen LogP contribution in [-0.2, 0) is 0 Å². The van der Waals surface area contributed by atoms with Gasteiger partial charge in [-0.05, 0) is 12.8 Å². The summed E-state index contributed by atoms with van der Waals surface area (Å²) in [6.45, 7) is 0. The Morgan fingerprint density at radius 2 is 2.36 bits per heavy atom. The molecule has 1 aliphatic carbocycles. The molecule has 0 bridgehead atoms. The maximum absolute atomic E-state index is 5.52. The van der Waals surface area contributed by atoms with Crippen molar-refractivity contribution >= 4 is 17.4 Å². The Labute approximate surface area is 84.7 Å². The van der Waals surface area contributed by atoms with E-state index in [0.29, 0.717) is 11.7 Å². The molecule has 1 aliphatic rings. The van der Waals surface area contributed by atoms with Gasteiger partial charge >= 0.3 is 0 Å². The zero-order chi connectivity index (χ0) is 9.54. The molecule has 1 saturated carbocycles. The van der Waals surface area contributed by atoms with E-state index in [1.54, 1.807) is 16.9 Å². The minimum Gasteiger partial charge on any atom is -0.382 e. The highest BCUT2D eigenvalue weighted by molar-refractivity contribution is 7.08. The molecule has 14 heavy (non-hydrogen) atoms. The fraction of sp³-hybridized carbons (Fsp3) is 0.375. The van der Waals surface area contributed by atoms with E-state index in [-0.39, 0.29) is 0 Å². The third-order valence-corrected chi connectivity index (χ3v) is 2.90. The highest BCUT2D eigenvalue weighted by Gasteiger charge is 2.28. The first-order valence-corrected chi connectivity index (χ1v) is 5.25. The van der Waals surface area contributed by atoms with Gasteiger partial charge in [-0.25, -0.2) is 9.67 Å². The Hall–Kier alpha value is -1.43. The van der Waals surface area contributed by atoms with Crippen LogP contribution < -0.4 is 5.73 Å². The van der Waals surface area contributed by atoms with Crippen molar-refractivity contribution < 1.29 is 0 Å². The van der Waals surface area contributed by atoms with Crippen molar-refractivity contribution in [2.24, 2.45) is 0 Å². The molecule has 0 atom stereocenters. The Morgan fingerprint density at radius 1 is 1.50 bits per heavy atom. The molecule has 2 heterocycles. The number of nitrogens with two attached hydrogens (primary N) is 1. The van der Waals surface area contributed by atoms with Gasteiger partial charge in [-0.3, -0.25) is 0 Å². The van der Waals surface area contributed by atoms with Crippen LogP contribution in [-0.4, -0.2) is 19.1 Å². The van der Waals surface area contributed by atoms with Gasteiger partial charge in [0.1, 0.15) is 11.6 Å². The van der Waals surface area contributed by atoms with Crippen molar-refractivity contribution in [1.82, 2.24) is 19.1 Å². The predicted molar refractivity (Wildman–Crippen MR) is 53.4 cm³/mol. The Kier molecular flexibility index (Phi) is 1.57. The monoisotopic (exact) mass is 207 g/mol. The average molecular weight is 207 g/mol. The zero-order valence-corrected chi connectivity index (χ0v) is 8.24. The average Bonchev–Trinajstić information content (AvgIpc) is 2.76. The van der Waals surface area contributed by atoms with Crippen LogP contribution >= 0.6 is 11.5 Å². The molecule has 0 aliphatic heterocycles. The van der Waals surface area contributed by atoms with E-state index in [1.807, 2.05) is 0 Å². The maximum atomic E-state index is 5.52. The second-order valence-electron chi connectivity index (χ2n) is 3.39. The molecule has 0 radical (unpaired) electrons. The normalized spacial score (nSPS) is 16.0. The lowest BCUT2D eigenvalue weighted by molar-refractivity contribution is 0.856. The molecule has 0 spiro atoms. The topological polar surface area (TPSA) is 69.6 Å². The van der Waals surface area contributed by atoms with Gasteiger partial charge in [-0.15, -0.1) is 5.10 Å². The number of aromatic nitrogens is 4. The van der Waals surface area contributed by atoms with Crippen LogP contribution in [0, 0.1) is 0 Å². The summed E-state index contributed by atoms with van der Waals surface area (Å²) in [5.74, 6) is 2.06. The summed E-state index contributed by atoms with van der Waals surface area (Å²) in [7, 11) is 0. The number of anilines is 1. The van der Waals surface area contributed by atoms with Crippen molar-refractivity contribution in [3.8, 4) is 5.13 Å². The Morgan fingerprint density at radius 3 is 3.00 bits per heavy atom. The van der Waals surface area contributed by atoms with Gasteiger partial charge in [0, 0.05) is 29.7 Å². The first-order valence-electron chi connectivity index (χ1n) is 4.48. The zero-order valence-electron chi connectivity index (χ0n) is 7.42. The maximum Gasteiger partial charge on any atom is 0.230 e. The lowest BCUT2D eigenvalue weighted by Crippen LogP contribution is -1.95. The molecule has 2 aromatic heterocycles. The molecule has 6 heteroatoms. The van der Waals surface area contributed by atoms with E-state index in [2.05, 4.69) is 14.5 Å². The number of nitrogen functional groups attached to an aromatic ring is 1. The van der Waals surface area contributed by atoms with Crippen molar-refractivity contribution in [1.29, 1.82) is 0 Å². The second-order valence-corrected chi connectivity index (χ2v) is 4.12. The van der Waals surface area contributed by atoms with Gasteiger partial charge in [0.05, 0.1) is 0 Å². The first-order chi connectivity index (χ1) is 6.83. The molecule has 2 N–H and O–H groups in total. The largest absolute Gasteiger partial charge is 0.382 e. The quantitative estimate of drug-likeness (QED) is 0.802. The summed E-state index contributed by atoms with van der Waals surface area (Å²) in [6, 6.07) is 1.75. The van der Waals surface area contributed by atoms with Crippen molar-refractivity contribution in [3.63, 3.8) is 0 Å². The first kappa shape index (κ1) is 7.93. The summed E-state index contributed by atoms with van der Waals surface area (Å²) in [4.78, 5) is 4.41. The van der Waals surface area contributed by atoms with Crippen LogP contribution in [0.5, 0.6) is 0 Å². The molecule has 0 unspecified atom stereocenters. The molecule has 0 saturated heterocycles. The molecular weight excluding hydrogens is 198 g/mol. The van der Waals surface area contributed by atoms with E-state index in [4.69, 9.17) is 5.73 Å². The number of hydrogen-bond donors (Lipinski definition) is 1.